The number of benzene rings is 1. The van der Waals surface area contributed by atoms with E-state index < -0.39 is 0 Å². The second-order valence-electron chi connectivity index (χ2n) is 7.69. The van der Waals surface area contributed by atoms with Crippen LogP contribution in [0.15, 0.2) is 39.2 Å². The molecule has 4 rings (SSSR count). The number of thiophene rings is 1. The molecule has 9 heteroatoms. The largest absolute Gasteiger partial charge is 0.312 e. The first kappa shape index (κ1) is 21.1. The minimum Gasteiger partial charge on any atom is -0.263 e. The summed E-state index contributed by atoms with van der Waals surface area (Å²) < 4.78 is 1.60. The summed E-state index contributed by atoms with van der Waals surface area (Å²) >= 11 is 17.7. The zero-order chi connectivity index (χ0) is 20.6. The number of anilines is 1. The van der Waals surface area contributed by atoms with Crippen molar-refractivity contribution in [3.8, 4) is 0 Å². The van der Waals surface area contributed by atoms with Gasteiger partial charge in [-0.1, -0.05) is 23.2 Å². The molecule has 3 heterocycles. The van der Waals surface area contributed by atoms with Gasteiger partial charge in [-0.2, -0.15) is 10.5 Å². The van der Waals surface area contributed by atoms with E-state index in [-0.39, 0.29) is 11.9 Å². The second-order valence-corrected chi connectivity index (χ2v) is 11.0. The van der Waals surface area contributed by atoms with Gasteiger partial charge < -0.3 is 0 Å². The first-order chi connectivity index (χ1) is 13.8. The first-order valence-corrected chi connectivity index (χ1v) is 12.0. The molecule has 5 nitrogen and oxygen atoms in total. The number of nitrogens with one attached hydrogen (secondary N) is 1. The molecule has 29 heavy (non-hydrogen) atoms. The maximum absolute atomic E-state index is 13.1. The normalized spacial score (nSPS) is 21.2. The van der Waals surface area contributed by atoms with E-state index in [1.54, 1.807) is 23.5 Å². The van der Waals surface area contributed by atoms with Crippen LogP contribution in [0.3, 0.4) is 0 Å². The third-order valence-corrected chi connectivity index (χ3v) is 7.69. The second kappa shape index (κ2) is 8.55. The minimum absolute atomic E-state index is 0.0858. The number of carbonyl (C=O) groups excluding carboxylic acids is 1. The van der Waals surface area contributed by atoms with Gasteiger partial charge in [0, 0.05) is 16.3 Å². The van der Waals surface area contributed by atoms with E-state index >= 15 is 0 Å². The van der Waals surface area contributed by atoms with Gasteiger partial charge in [0.1, 0.15) is 18.8 Å². The molecule has 1 aromatic carbocycles. The maximum Gasteiger partial charge on any atom is 0.312 e. The van der Waals surface area contributed by atoms with Crippen LogP contribution in [0.4, 0.5) is 5.69 Å². The zero-order valence-electron chi connectivity index (χ0n) is 16.0. The molecule has 1 unspecified atom stereocenters. The molecule has 1 fully saturated rings. The van der Waals surface area contributed by atoms with Crippen molar-refractivity contribution in [1.82, 2.24) is 5.43 Å². The number of likely N-dealkylation sites (tertiary alicyclic amines) is 1. The summed E-state index contributed by atoms with van der Waals surface area (Å²) in [5, 5.41) is 7.63. The van der Waals surface area contributed by atoms with Crippen molar-refractivity contribution < 1.29 is 9.39 Å². The van der Waals surface area contributed by atoms with E-state index in [1.165, 1.54) is 6.42 Å². The predicted molar refractivity (Wildman–Crippen MR) is 124 cm³/mol. The Balaban J connectivity index is 1.63. The van der Waals surface area contributed by atoms with Crippen molar-refractivity contribution in [2.24, 2.45) is 5.10 Å². The molecule has 2 aliphatic rings. The molecule has 2 aliphatic heterocycles. The van der Waals surface area contributed by atoms with Crippen LogP contribution in [0, 0.1) is 0 Å². The fourth-order valence-corrected chi connectivity index (χ4v) is 5.90. The molecule has 1 N–H and O–H groups in total. The fraction of sp³-hybridized carbons (Fsp3) is 0.400. The molecule has 2 aromatic rings. The van der Waals surface area contributed by atoms with Crippen molar-refractivity contribution in [1.29, 1.82) is 0 Å². The van der Waals surface area contributed by atoms with Crippen LogP contribution < -0.4 is 10.4 Å². The average molecular weight is 517 g/mol. The van der Waals surface area contributed by atoms with Crippen LogP contribution in [0.5, 0.6) is 0 Å². The van der Waals surface area contributed by atoms with Gasteiger partial charge in [0.2, 0.25) is 0 Å². The standard InChI is InChI=1S/C20H21BrCl2N4OS/c1-27(9-3-2-4-10-27)25-20(28)15-12-17(18-7-8-19(21)29-18)26(24-15)16-6-5-13(22)11-14(16)23/h5-8,11,17H,2-4,9-10,12H2,1H3/p+1. The first-order valence-electron chi connectivity index (χ1n) is 9.59. The summed E-state index contributed by atoms with van der Waals surface area (Å²) in [7, 11) is 2.08. The molecule has 0 aliphatic carbocycles. The van der Waals surface area contributed by atoms with E-state index in [0.29, 0.717) is 26.8 Å². The van der Waals surface area contributed by atoms with Crippen LogP contribution in [-0.2, 0) is 4.79 Å². The van der Waals surface area contributed by atoms with Gasteiger partial charge in [-0.05, 0) is 65.5 Å². The van der Waals surface area contributed by atoms with Crippen molar-refractivity contribution in [2.45, 2.75) is 31.7 Å². The Kier molecular flexibility index (Phi) is 6.23. The Morgan fingerprint density at radius 3 is 2.66 bits per heavy atom. The SMILES string of the molecule is C[N+]1(NC(=O)C2=NN(c3ccc(Cl)cc3Cl)C(c3ccc(Br)s3)C2)CCCCC1. The third-order valence-electron chi connectivity index (χ3n) is 5.43. The zero-order valence-corrected chi connectivity index (χ0v) is 19.9. The molecule has 1 aromatic heterocycles. The van der Waals surface area contributed by atoms with E-state index in [9.17, 15) is 4.79 Å². The van der Waals surface area contributed by atoms with Crippen LogP contribution in [0.2, 0.25) is 10.0 Å². The van der Waals surface area contributed by atoms with Crippen molar-refractivity contribution >= 4 is 67.8 Å². The highest BCUT2D eigenvalue weighted by atomic mass is 79.9. The Morgan fingerprint density at radius 2 is 2.00 bits per heavy atom. The molecule has 1 amide bonds. The van der Waals surface area contributed by atoms with E-state index in [4.69, 9.17) is 28.3 Å². The average Bonchev–Trinajstić information content (AvgIpc) is 3.28. The van der Waals surface area contributed by atoms with Gasteiger partial charge in [-0.15, -0.1) is 11.3 Å². The monoisotopic (exact) mass is 515 g/mol. The lowest BCUT2D eigenvalue weighted by atomic mass is 10.1. The lowest BCUT2D eigenvalue weighted by molar-refractivity contribution is -0.947. The van der Waals surface area contributed by atoms with E-state index in [2.05, 4.69) is 34.5 Å². The molecule has 1 atom stereocenters. The third kappa shape index (κ3) is 4.64. The number of halogens is 3. The van der Waals surface area contributed by atoms with Crippen LogP contribution in [-0.4, -0.2) is 36.3 Å². The summed E-state index contributed by atoms with van der Waals surface area (Å²) in [5.74, 6) is -0.109. The lowest BCUT2D eigenvalue weighted by Gasteiger charge is -2.36. The highest BCUT2D eigenvalue weighted by Gasteiger charge is 2.37. The Bertz CT molecular complexity index is 958. The number of hydrazone groups is 1. The topological polar surface area (TPSA) is 44.7 Å². The molecule has 1 saturated heterocycles. The number of amides is 1. The van der Waals surface area contributed by atoms with Gasteiger partial charge in [-0.25, -0.2) is 4.59 Å². The maximum atomic E-state index is 13.1. The van der Waals surface area contributed by atoms with Crippen LogP contribution in [0.1, 0.15) is 36.6 Å². The Hall–Kier alpha value is -1.12. The Labute approximate surface area is 193 Å². The lowest BCUT2D eigenvalue weighted by Crippen LogP contribution is -2.60. The summed E-state index contributed by atoms with van der Waals surface area (Å²) in [6.45, 7) is 1.90. The minimum atomic E-state index is -0.109. The number of hydrogen-bond acceptors (Lipinski definition) is 4. The highest BCUT2D eigenvalue weighted by Crippen LogP contribution is 2.42. The predicted octanol–water partition coefficient (Wildman–Crippen LogP) is 5.79. The van der Waals surface area contributed by atoms with Crippen molar-refractivity contribution in [3.05, 3.63) is 49.0 Å². The van der Waals surface area contributed by atoms with Crippen LogP contribution in [0.25, 0.3) is 0 Å². The number of hydrogen-bond donors (Lipinski definition) is 1. The number of carbonyl (C=O) groups is 1. The van der Waals surface area contributed by atoms with Gasteiger partial charge in [0.25, 0.3) is 0 Å². The molecule has 154 valence electrons. The number of piperidine rings is 1. The van der Waals surface area contributed by atoms with Gasteiger partial charge >= 0.3 is 5.91 Å². The molecular formula is C20H22BrCl2N4OS+. The van der Waals surface area contributed by atoms with Gasteiger partial charge in [0.05, 0.1) is 27.6 Å². The number of quaternary nitrogens is 1. The van der Waals surface area contributed by atoms with Crippen molar-refractivity contribution in [2.75, 3.05) is 25.1 Å². The summed E-state index contributed by atoms with van der Waals surface area (Å²) in [6.07, 6.45) is 4.00. The summed E-state index contributed by atoms with van der Waals surface area (Å²) in [5.41, 5.74) is 4.46. The molecule has 0 spiro atoms. The van der Waals surface area contributed by atoms with Gasteiger partial charge in [0.15, 0.2) is 0 Å². The quantitative estimate of drug-likeness (QED) is 0.523. The molecule has 0 bridgehead atoms. The molecular weight excluding hydrogens is 495 g/mol. The smallest absolute Gasteiger partial charge is 0.263 e. The van der Waals surface area contributed by atoms with E-state index in [0.717, 1.165) is 40.3 Å². The fourth-order valence-electron chi connectivity index (χ4n) is 3.90. The van der Waals surface area contributed by atoms with Crippen LogP contribution >= 0.6 is 50.5 Å². The summed E-state index contributed by atoms with van der Waals surface area (Å²) in [6, 6.07) is 9.33. The van der Waals surface area contributed by atoms with E-state index in [1.807, 2.05) is 17.1 Å². The summed E-state index contributed by atoms with van der Waals surface area (Å²) in [4.78, 5) is 14.2. The molecule has 0 saturated carbocycles. The van der Waals surface area contributed by atoms with Gasteiger partial charge in [-0.3, -0.25) is 9.80 Å². The molecule has 0 radical (unpaired) electrons. The number of rotatable bonds is 4. The Morgan fingerprint density at radius 1 is 1.24 bits per heavy atom. The number of nitrogens with zero attached hydrogens (tertiary/aromatic N) is 3. The van der Waals surface area contributed by atoms with Crippen molar-refractivity contribution in [3.63, 3.8) is 0 Å². The highest BCUT2D eigenvalue weighted by molar-refractivity contribution is 9.11.